The molecule has 7 heteroatoms. The van der Waals surface area contributed by atoms with Crippen molar-refractivity contribution in [3.05, 3.63) is 200 Å². The molecule has 298 valence electrons. The Hall–Kier alpha value is -8.26. The van der Waals surface area contributed by atoms with Gasteiger partial charge in [0.1, 0.15) is 16.8 Å². The van der Waals surface area contributed by atoms with Crippen LogP contribution in [0.1, 0.15) is 0 Å². The molecule has 6 nitrogen and oxygen atoms in total. The fourth-order valence-corrected chi connectivity index (χ4v) is 10.9. The third-order valence-electron chi connectivity index (χ3n) is 12.7. The Bertz CT molecular complexity index is 4060. The van der Waals surface area contributed by atoms with Gasteiger partial charge in [0.15, 0.2) is 17.5 Å². The first kappa shape index (κ1) is 35.3. The van der Waals surface area contributed by atoms with Gasteiger partial charge in [0, 0.05) is 59.1 Å². The summed E-state index contributed by atoms with van der Waals surface area (Å²) in [6.45, 7) is 0. The summed E-state index contributed by atoms with van der Waals surface area (Å²) in [6, 6.07) is 70.8. The van der Waals surface area contributed by atoms with E-state index in [4.69, 9.17) is 19.4 Å². The van der Waals surface area contributed by atoms with Gasteiger partial charge in [-0.3, -0.25) is 9.13 Å². The van der Waals surface area contributed by atoms with Crippen LogP contribution in [-0.2, 0) is 0 Å². The van der Waals surface area contributed by atoms with Crippen molar-refractivity contribution in [2.45, 2.75) is 9.79 Å². The molecule has 0 saturated carbocycles. The molecule has 5 heterocycles. The molecule has 1 aliphatic heterocycles. The highest BCUT2D eigenvalue weighted by Crippen LogP contribution is 2.50. The van der Waals surface area contributed by atoms with Gasteiger partial charge in [-0.1, -0.05) is 151 Å². The number of benzene rings is 9. The first-order valence-corrected chi connectivity index (χ1v) is 22.2. The second-order valence-electron chi connectivity index (χ2n) is 16.4. The molecule has 13 aromatic rings. The molecule has 0 unspecified atom stereocenters. The predicted molar refractivity (Wildman–Crippen MR) is 262 cm³/mol. The summed E-state index contributed by atoms with van der Waals surface area (Å²) >= 11 is 1.84. The molecule has 0 amide bonds. The van der Waals surface area contributed by atoms with Crippen LogP contribution in [0.2, 0.25) is 0 Å². The second-order valence-corrected chi connectivity index (χ2v) is 17.5. The monoisotopic (exact) mass is 835 g/mol. The highest BCUT2D eigenvalue weighted by Gasteiger charge is 2.28. The van der Waals surface area contributed by atoms with Crippen molar-refractivity contribution in [2.24, 2.45) is 0 Å². The zero-order chi connectivity index (χ0) is 41.9. The van der Waals surface area contributed by atoms with Crippen molar-refractivity contribution in [2.75, 3.05) is 0 Å². The van der Waals surface area contributed by atoms with Crippen molar-refractivity contribution in [1.29, 1.82) is 0 Å². The molecule has 64 heavy (non-hydrogen) atoms. The molecule has 0 saturated heterocycles. The predicted octanol–water partition coefficient (Wildman–Crippen LogP) is 15.1. The average molecular weight is 836 g/mol. The number of aromatic nitrogens is 5. The molecule has 4 aromatic heterocycles. The zero-order valence-corrected chi connectivity index (χ0v) is 34.9. The molecule has 0 fully saturated rings. The van der Waals surface area contributed by atoms with Gasteiger partial charge in [0.2, 0.25) is 0 Å². The quantitative estimate of drug-likeness (QED) is 0.173. The molecule has 0 atom stereocenters. The molecular weight excluding hydrogens is 803 g/mol. The van der Waals surface area contributed by atoms with E-state index in [1.54, 1.807) is 0 Å². The van der Waals surface area contributed by atoms with E-state index in [2.05, 4.69) is 185 Å². The van der Waals surface area contributed by atoms with Crippen molar-refractivity contribution in [1.82, 2.24) is 24.1 Å². The highest BCUT2D eigenvalue weighted by atomic mass is 32.2. The van der Waals surface area contributed by atoms with Gasteiger partial charge in [0.05, 0.1) is 16.7 Å². The van der Waals surface area contributed by atoms with E-state index in [9.17, 15) is 0 Å². The summed E-state index contributed by atoms with van der Waals surface area (Å²) in [5.41, 5.74) is 12.4. The van der Waals surface area contributed by atoms with Crippen LogP contribution in [0.15, 0.2) is 214 Å². The van der Waals surface area contributed by atoms with Crippen molar-refractivity contribution >= 4 is 77.3 Å². The minimum Gasteiger partial charge on any atom is -0.456 e. The minimum absolute atomic E-state index is 0.583. The van der Waals surface area contributed by atoms with E-state index in [0.717, 1.165) is 71.9 Å². The van der Waals surface area contributed by atoms with Crippen LogP contribution in [0.25, 0.3) is 122 Å². The third kappa shape index (κ3) is 5.25. The fourth-order valence-electron chi connectivity index (χ4n) is 9.87. The number of furan rings is 1. The summed E-state index contributed by atoms with van der Waals surface area (Å²) in [4.78, 5) is 18.1. The molecule has 14 rings (SSSR count). The van der Waals surface area contributed by atoms with Crippen LogP contribution in [0.3, 0.4) is 0 Å². The third-order valence-corrected chi connectivity index (χ3v) is 13.9. The van der Waals surface area contributed by atoms with Crippen LogP contribution in [0.5, 0.6) is 0 Å². The van der Waals surface area contributed by atoms with Gasteiger partial charge in [-0.15, -0.1) is 0 Å². The lowest BCUT2D eigenvalue weighted by Crippen LogP contribution is -2.06. The maximum absolute atomic E-state index is 6.33. The first-order chi connectivity index (χ1) is 31.7. The smallest absolute Gasteiger partial charge is 0.164 e. The Morgan fingerprint density at radius 1 is 0.406 bits per heavy atom. The largest absolute Gasteiger partial charge is 0.456 e. The average Bonchev–Trinajstić information content (AvgIpc) is 4.02. The molecule has 0 bridgehead atoms. The van der Waals surface area contributed by atoms with Crippen LogP contribution in [0, 0.1) is 0 Å². The van der Waals surface area contributed by atoms with E-state index in [-0.39, 0.29) is 0 Å². The number of rotatable bonds is 5. The van der Waals surface area contributed by atoms with E-state index in [1.165, 1.54) is 42.6 Å². The second kappa shape index (κ2) is 13.6. The van der Waals surface area contributed by atoms with Crippen molar-refractivity contribution in [3.63, 3.8) is 0 Å². The van der Waals surface area contributed by atoms with Crippen LogP contribution < -0.4 is 0 Å². The van der Waals surface area contributed by atoms with Gasteiger partial charge < -0.3 is 4.42 Å². The standard InChI is InChI=1S/C57H33N5OS/c1-2-17-39(18-3-1)61-46-24-8-6-21-44(46)52-45-23-12-26-51-53(45)62(57(52)61)47-32-36(28-30-50(47)64-51)35-15-10-16-37(31-35)54-58-55(38-27-29-42-41-20-7-9-25-48(41)63-49(42)33-38)60-56(59-54)43-22-11-14-34-13-4-5-19-40(34)43/h1-33H. The molecule has 0 radical (unpaired) electrons. The topological polar surface area (TPSA) is 61.7 Å². The lowest BCUT2D eigenvalue weighted by Gasteiger charge is -2.22. The lowest BCUT2D eigenvalue weighted by atomic mass is 10.0. The van der Waals surface area contributed by atoms with Gasteiger partial charge in [-0.05, 0) is 82.6 Å². The molecule has 1 aliphatic rings. The van der Waals surface area contributed by atoms with Crippen LogP contribution >= 0.6 is 11.8 Å². The summed E-state index contributed by atoms with van der Waals surface area (Å²) < 4.78 is 11.3. The van der Waals surface area contributed by atoms with Crippen LogP contribution in [-0.4, -0.2) is 24.1 Å². The normalized spacial score (nSPS) is 12.3. The molecule has 0 spiro atoms. The van der Waals surface area contributed by atoms with E-state index in [0.29, 0.717) is 17.5 Å². The molecular formula is C57H33N5OS. The number of nitrogens with zero attached hydrogens (tertiary/aromatic N) is 5. The number of fused-ring (bicyclic) bond motifs is 11. The fraction of sp³-hybridized carbons (Fsp3) is 0. The summed E-state index contributed by atoms with van der Waals surface area (Å²) in [5.74, 6) is 1.80. The Morgan fingerprint density at radius 3 is 1.97 bits per heavy atom. The minimum atomic E-state index is 0.583. The Morgan fingerprint density at radius 2 is 1.06 bits per heavy atom. The van der Waals surface area contributed by atoms with Gasteiger partial charge in [-0.25, -0.2) is 15.0 Å². The molecule has 9 aromatic carbocycles. The summed E-state index contributed by atoms with van der Waals surface area (Å²) in [7, 11) is 0. The number of hydrogen-bond donors (Lipinski definition) is 0. The molecule has 0 aliphatic carbocycles. The summed E-state index contributed by atoms with van der Waals surface area (Å²) in [6.07, 6.45) is 0. The summed E-state index contributed by atoms with van der Waals surface area (Å²) in [5, 5.41) is 8.14. The van der Waals surface area contributed by atoms with E-state index in [1.807, 2.05) is 36.0 Å². The zero-order valence-electron chi connectivity index (χ0n) is 34.1. The van der Waals surface area contributed by atoms with Gasteiger partial charge >= 0.3 is 0 Å². The SMILES string of the molecule is c1ccc(-n2c3ccccc3c3c4cccc5c4n(c32)-c2cc(-c3cccc(-c4nc(-c6ccc7c(c6)oc6ccccc67)nc(-c6cccc7ccccc67)n4)c3)ccc2S5)cc1. The number of para-hydroxylation sites is 4. The van der Waals surface area contributed by atoms with E-state index < -0.39 is 0 Å². The first-order valence-electron chi connectivity index (χ1n) is 21.4. The van der Waals surface area contributed by atoms with Crippen molar-refractivity contribution < 1.29 is 4.42 Å². The van der Waals surface area contributed by atoms with Gasteiger partial charge in [-0.2, -0.15) is 0 Å². The Balaban J connectivity index is 0.951. The molecule has 0 N–H and O–H groups in total. The van der Waals surface area contributed by atoms with Crippen LogP contribution in [0.4, 0.5) is 0 Å². The maximum Gasteiger partial charge on any atom is 0.164 e. The lowest BCUT2D eigenvalue weighted by molar-refractivity contribution is 0.669. The number of hydrogen-bond acceptors (Lipinski definition) is 5. The Labute approximate surface area is 370 Å². The van der Waals surface area contributed by atoms with E-state index >= 15 is 0 Å². The Kier molecular flexibility index (Phi) is 7.52. The van der Waals surface area contributed by atoms with Gasteiger partial charge in [0.25, 0.3) is 0 Å². The highest BCUT2D eigenvalue weighted by molar-refractivity contribution is 7.99. The maximum atomic E-state index is 6.33. The van der Waals surface area contributed by atoms with Crippen molar-refractivity contribution in [3.8, 4) is 56.7 Å².